The van der Waals surface area contributed by atoms with Gasteiger partial charge in [-0.25, -0.2) is 4.79 Å². The van der Waals surface area contributed by atoms with Gasteiger partial charge in [-0.1, -0.05) is 18.9 Å². The van der Waals surface area contributed by atoms with Crippen molar-refractivity contribution in [2.24, 2.45) is 0 Å². The lowest BCUT2D eigenvalue weighted by molar-refractivity contribution is -0.131. The number of benzene rings is 1. The molecule has 2 fully saturated rings. The molecule has 0 atom stereocenters. The van der Waals surface area contributed by atoms with Gasteiger partial charge in [-0.15, -0.1) is 0 Å². The van der Waals surface area contributed by atoms with Crippen molar-refractivity contribution in [1.82, 2.24) is 10.2 Å². The zero-order valence-electron chi connectivity index (χ0n) is 16.4. The molecule has 0 radical (unpaired) electrons. The van der Waals surface area contributed by atoms with E-state index in [1.807, 2.05) is 12.1 Å². The Labute approximate surface area is 165 Å². The zero-order valence-corrected chi connectivity index (χ0v) is 16.4. The van der Waals surface area contributed by atoms with Gasteiger partial charge in [0.1, 0.15) is 5.54 Å². The molecule has 1 saturated carbocycles. The summed E-state index contributed by atoms with van der Waals surface area (Å²) < 4.78 is 0. The van der Waals surface area contributed by atoms with Gasteiger partial charge >= 0.3 is 6.03 Å². The molecule has 1 aromatic rings. The lowest BCUT2D eigenvalue weighted by Gasteiger charge is -2.28. The molecule has 1 aliphatic carbocycles. The minimum absolute atomic E-state index is 0.0963. The normalized spacial score (nSPS) is 20.5. The van der Waals surface area contributed by atoms with Crippen molar-refractivity contribution in [2.75, 3.05) is 30.4 Å². The first-order chi connectivity index (χ1) is 13.5. The molecule has 28 heavy (non-hydrogen) atoms. The lowest BCUT2D eigenvalue weighted by Crippen LogP contribution is -2.44. The van der Waals surface area contributed by atoms with Crippen LogP contribution in [0.4, 0.5) is 16.2 Å². The molecule has 2 N–H and O–H groups in total. The molecule has 1 spiro atoms. The second-order valence-electron chi connectivity index (χ2n) is 8.20. The van der Waals surface area contributed by atoms with Crippen LogP contribution >= 0.6 is 0 Å². The molecule has 0 unspecified atom stereocenters. The predicted molar refractivity (Wildman–Crippen MR) is 107 cm³/mol. The fourth-order valence-electron chi connectivity index (χ4n) is 4.65. The smallest absolute Gasteiger partial charge is 0.325 e. The van der Waals surface area contributed by atoms with Crippen LogP contribution in [-0.2, 0) is 16.0 Å². The van der Waals surface area contributed by atoms with Crippen molar-refractivity contribution >= 4 is 29.2 Å². The number of nitrogens with one attached hydrogen (secondary N) is 2. The summed E-state index contributed by atoms with van der Waals surface area (Å²) in [7, 11) is 2.07. The summed E-state index contributed by atoms with van der Waals surface area (Å²) in [5.41, 5.74) is 2.60. The number of nitrogens with zero attached hydrogens (tertiary/aromatic N) is 2. The first-order valence-electron chi connectivity index (χ1n) is 10.3. The van der Waals surface area contributed by atoms with Gasteiger partial charge in [-0.2, -0.15) is 0 Å². The standard InChI is InChI=1S/C21H28N4O3/c1-24-12-4-6-15-8-9-16(14-17(15)24)22-18(26)7-5-13-25-19(27)21(23-20(25)28)10-2-3-11-21/h8-9,14H,2-7,10-13H2,1H3,(H,22,26)(H,23,28). The number of aryl methyl sites for hydroxylation is 1. The fraction of sp³-hybridized carbons (Fsp3) is 0.571. The van der Waals surface area contributed by atoms with Gasteiger partial charge in [-0.05, 0) is 49.8 Å². The number of imide groups is 1. The molecule has 4 amide bonds. The third kappa shape index (κ3) is 3.45. The molecule has 0 bridgehead atoms. The van der Waals surface area contributed by atoms with Crippen LogP contribution in [0.25, 0.3) is 0 Å². The second-order valence-corrected chi connectivity index (χ2v) is 8.20. The molecule has 150 valence electrons. The zero-order chi connectivity index (χ0) is 19.7. The van der Waals surface area contributed by atoms with E-state index < -0.39 is 5.54 Å². The molecule has 0 aromatic heterocycles. The Morgan fingerprint density at radius 2 is 2.00 bits per heavy atom. The van der Waals surface area contributed by atoms with Crippen LogP contribution in [0.15, 0.2) is 18.2 Å². The lowest BCUT2D eigenvalue weighted by atomic mass is 9.98. The number of fused-ring (bicyclic) bond motifs is 1. The van der Waals surface area contributed by atoms with Crippen LogP contribution in [0.5, 0.6) is 0 Å². The van der Waals surface area contributed by atoms with Crippen molar-refractivity contribution < 1.29 is 14.4 Å². The number of rotatable bonds is 5. The van der Waals surface area contributed by atoms with E-state index in [0.717, 1.165) is 50.8 Å². The minimum Gasteiger partial charge on any atom is -0.374 e. The average Bonchev–Trinajstić information content (AvgIpc) is 3.23. The van der Waals surface area contributed by atoms with E-state index in [4.69, 9.17) is 0 Å². The summed E-state index contributed by atoms with van der Waals surface area (Å²) in [5.74, 6) is -0.214. The van der Waals surface area contributed by atoms with Crippen molar-refractivity contribution in [1.29, 1.82) is 0 Å². The Bertz CT molecular complexity index is 801. The van der Waals surface area contributed by atoms with Gasteiger partial charge in [0, 0.05) is 37.9 Å². The summed E-state index contributed by atoms with van der Waals surface area (Å²) in [4.78, 5) is 40.6. The number of carbonyl (C=O) groups is 3. The number of hydrogen-bond acceptors (Lipinski definition) is 4. The monoisotopic (exact) mass is 384 g/mol. The highest BCUT2D eigenvalue weighted by Gasteiger charge is 2.52. The molecule has 4 rings (SSSR count). The van der Waals surface area contributed by atoms with Crippen LogP contribution in [0.1, 0.15) is 50.5 Å². The third-order valence-corrected chi connectivity index (χ3v) is 6.21. The van der Waals surface area contributed by atoms with E-state index in [0.29, 0.717) is 6.42 Å². The van der Waals surface area contributed by atoms with Gasteiger partial charge in [-0.3, -0.25) is 14.5 Å². The van der Waals surface area contributed by atoms with E-state index in [1.54, 1.807) is 0 Å². The quantitative estimate of drug-likeness (QED) is 0.765. The summed E-state index contributed by atoms with van der Waals surface area (Å²) in [5, 5.41) is 5.81. The number of anilines is 2. The highest BCUT2D eigenvalue weighted by molar-refractivity contribution is 6.07. The maximum Gasteiger partial charge on any atom is 0.325 e. The van der Waals surface area contributed by atoms with Gasteiger partial charge in [0.25, 0.3) is 5.91 Å². The fourth-order valence-corrected chi connectivity index (χ4v) is 4.65. The molecule has 7 nitrogen and oxygen atoms in total. The van der Waals surface area contributed by atoms with E-state index in [-0.39, 0.29) is 30.8 Å². The van der Waals surface area contributed by atoms with Crippen molar-refractivity contribution in [3.8, 4) is 0 Å². The van der Waals surface area contributed by atoms with E-state index in [1.165, 1.54) is 16.2 Å². The molecule has 2 aliphatic heterocycles. The van der Waals surface area contributed by atoms with Crippen LogP contribution in [-0.4, -0.2) is 48.4 Å². The van der Waals surface area contributed by atoms with Gasteiger partial charge in [0.05, 0.1) is 0 Å². The van der Waals surface area contributed by atoms with Gasteiger partial charge in [0.2, 0.25) is 5.91 Å². The Hall–Kier alpha value is -2.57. The first-order valence-corrected chi connectivity index (χ1v) is 10.3. The maximum absolute atomic E-state index is 12.6. The van der Waals surface area contributed by atoms with Gasteiger partial charge in [0.15, 0.2) is 0 Å². The largest absolute Gasteiger partial charge is 0.374 e. The molecule has 1 aromatic carbocycles. The Balaban J connectivity index is 1.29. The maximum atomic E-state index is 12.6. The molecule has 3 aliphatic rings. The Morgan fingerprint density at radius 3 is 2.79 bits per heavy atom. The molecular formula is C21H28N4O3. The van der Waals surface area contributed by atoms with Crippen LogP contribution < -0.4 is 15.5 Å². The summed E-state index contributed by atoms with van der Waals surface area (Å²) in [6, 6.07) is 5.73. The summed E-state index contributed by atoms with van der Waals surface area (Å²) in [6.45, 7) is 1.31. The van der Waals surface area contributed by atoms with E-state index >= 15 is 0 Å². The second kappa shape index (κ2) is 7.45. The highest BCUT2D eigenvalue weighted by Crippen LogP contribution is 2.35. The number of urea groups is 1. The number of amides is 4. The summed E-state index contributed by atoms with van der Waals surface area (Å²) in [6.07, 6.45) is 6.35. The van der Waals surface area contributed by atoms with Crippen molar-refractivity contribution in [3.05, 3.63) is 23.8 Å². The SMILES string of the molecule is CN1CCCc2ccc(NC(=O)CCCN3C(=O)NC4(CCCC4)C3=O)cc21. The highest BCUT2D eigenvalue weighted by atomic mass is 16.2. The molecule has 7 heteroatoms. The average molecular weight is 384 g/mol. The van der Waals surface area contributed by atoms with Crippen LogP contribution in [0.3, 0.4) is 0 Å². The Morgan fingerprint density at radius 1 is 1.21 bits per heavy atom. The molecule has 2 heterocycles. The van der Waals surface area contributed by atoms with E-state index in [9.17, 15) is 14.4 Å². The third-order valence-electron chi connectivity index (χ3n) is 6.21. The van der Waals surface area contributed by atoms with Crippen LogP contribution in [0, 0.1) is 0 Å². The molecular weight excluding hydrogens is 356 g/mol. The number of hydrogen-bond donors (Lipinski definition) is 2. The topological polar surface area (TPSA) is 81.8 Å². The Kier molecular flexibility index (Phi) is 5.00. The first kappa shape index (κ1) is 18.8. The minimum atomic E-state index is -0.672. The van der Waals surface area contributed by atoms with Crippen LogP contribution in [0.2, 0.25) is 0 Å². The predicted octanol–water partition coefficient (Wildman–Crippen LogP) is 2.65. The van der Waals surface area contributed by atoms with E-state index in [2.05, 4.69) is 28.6 Å². The number of carbonyl (C=O) groups excluding carboxylic acids is 3. The van der Waals surface area contributed by atoms with Crippen molar-refractivity contribution in [2.45, 2.75) is 56.9 Å². The molecule has 1 saturated heterocycles. The van der Waals surface area contributed by atoms with Crippen molar-refractivity contribution in [3.63, 3.8) is 0 Å². The summed E-state index contributed by atoms with van der Waals surface area (Å²) >= 11 is 0. The van der Waals surface area contributed by atoms with Gasteiger partial charge < -0.3 is 15.5 Å².